The molecule has 5 nitrogen and oxygen atoms in total. The van der Waals surface area contributed by atoms with E-state index in [0.717, 1.165) is 35.5 Å². The monoisotopic (exact) mass is 327 g/mol. The number of nitrogens with zero attached hydrogens (tertiary/aromatic N) is 3. The summed E-state index contributed by atoms with van der Waals surface area (Å²) in [6.07, 6.45) is 1.18. The average molecular weight is 327 g/mol. The first-order valence-electron chi connectivity index (χ1n) is 8.57. The number of aliphatic hydroxyl groups excluding tert-OH is 1. The van der Waals surface area contributed by atoms with E-state index in [1.165, 1.54) is 5.56 Å². The molecule has 0 fully saturated rings. The summed E-state index contributed by atoms with van der Waals surface area (Å²) in [5.74, 6) is 0.0606. The summed E-state index contributed by atoms with van der Waals surface area (Å²) in [4.78, 5) is 14.8. The Morgan fingerprint density at radius 1 is 1.33 bits per heavy atom. The van der Waals surface area contributed by atoms with Crippen LogP contribution < -0.4 is 0 Å². The molecule has 24 heavy (non-hydrogen) atoms. The van der Waals surface area contributed by atoms with E-state index in [-0.39, 0.29) is 18.6 Å². The molecule has 2 aromatic rings. The maximum absolute atomic E-state index is 12.9. The molecule has 128 valence electrons. The molecule has 1 aliphatic rings. The van der Waals surface area contributed by atoms with Gasteiger partial charge in [-0.1, -0.05) is 24.3 Å². The highest BCUT2D eigenvalue weighted by Crippen LogP contribution is 2.30. The molecule has 1 amide bonds. The Morgan fingerprint density at radius 3 is 2.75 bits per heavy atom. The van der Waals surface area contributed by atoms with Gasteiger partial charge < -0.3 is 10.0 Å². The zero-order valence-corrected chi connectivity index (χ0v) is 14.6. The van der Waals surface area contributed by atoms with Gasteiger partial charge in [-0.05, 0) is 38.3 Å². The standard InChI is InChI=1S/C19H25N3O2/c1-4-22-14(3)17(13(2)20-22)11-19(24)21-10-9-15-7-5-6-8-16(15)18(21)12-23/h5-8,18,23H,4,9-12H2,1-3H3. The Hall–Kier alpha value is -2.14. The van der Waals surface area contributed by atoms with Crippen LogP contribution in [0.2, 0.25) is 0 Å². The number of carbonyl (C=O) groups is 1. The summed E-state index contributed by atoms with van der Waals surface area (Å²) >= 11 is 0. The first-order chi connectivity index (χ1) is 11.6. The van der Waals surface area contributed by atoms with Gasteiger partial charge >= 0.3 is 0 Å². The third kappa shape index (κ3) is 2.84. The minimum absolute atomic E-state index is 0.0467. The molecule has 0 radical (unpaired) electrons. The molecule has 0 aliphatic carbocycles. The maximum Gasteiger partial charge on any atom is 0.227 e. The number of aliphatic hydroxyl groups is 1. The third-order valence-electron chi connectivity index (χ3n) is 5.06. The number of fused-ring (bicyclic) bond motifs is 1. The maximum atomic E-state index is 12.9. The molecular formula is C19H25N3O2. The van der Waals surface area contributed by atoms with E-state index in [9.17, 15) is 9.90 Å². The van der Waals surface area contributed by atoms with Gasteiger partial charge in [0, 0.05) is 24.3 Å². The zero-order valence-electron chi connectivity index (χ0n) is 14.6. The normalized spacial score (nSPS) is 17.0. The fourth-order valence-corrected chi connectivity index (χ4v) is 3.70. The topological polar surface area (TPSA) is 58.4 Å². The van der Waals surface area contributed by atoms with Gasteiger partial charge in [-0.2, -0.15) is 5.10 Å². The van der Waals surface area contributed by atoms with Gasteiger partial charge in [0.2, 0.25) is 5.91 Å². The van der Waals surface area contributed by atoms with Crippen molar-refractivity contribution in [1.82, 2.24) is 14.7 Å². The molecular weight excluding hydrogens is 302 g/mol. The van der Waals surface area contributed by atoms with Crippen LogP contribution in [0.5, 0.6) is 0 Å². The summed E-state index contributed by atoms with van der Waals surface area (Å²) < 4.78 is 1.94. The fraction of sp³-hybridized carbons (Fsp3) is 0.474. The molecule has 0 bridgehead atoms. The van der Waals surface area contributed by atoms with Crippen molar-refractivity contribution in [2.24, 2.45) is 0 Å². The highest BCUT2D eigenvalue weighted by Gasteiger charge is 2.30. The minimum Gasteiger partial charge on any atom is -0.394 e. The summed E-state index contributed by atoms with van der Waals surface area (Å²) in [6.45, 7) is 7.43. The van der Waals surface area contributed by atoms with Crippen LogP contribution in [0.4, 0.5) is 0 Å². The first-order valence-corrected chi connectivity index (χ1v) is 8.57. The van der Waals surface area contributed by atoms with Crippen LogP contribution >= 0.6 is 0 Å². The second kappa shape index (κ2) is 6.77. The molecule has 5 heteroatoms. The predicted octanol–water partition coefficient (Wildman–Crippen LogP) is 2.18. The summed E-state index contributed by atoms with van der Waals surface area (Å²) in [6, 6.07) is 7.83. The van der Waals surface area contributed by atoms with Crippen LogP contribution in [0.25, 0.3) is 0 Å². The molecule has 1 aliphatic heterocycles. The van der Waals surface area contributed by atoms with E-state index >= 15 is 0 Å². The van der Waals surface area contributed by atoms with E-state index in [1.807, 2.05) is 41.6 Å². The second-order valence-electron chi connectivity index (χ2n) is 6.38. The van der Waals surface area contributed by atoms with Gasteiger partial charge in [0.1, 0.15) is 0 Å². The van der Waals surface area contributed by atoms with Gasteiger partial charge in [-0.3, -0.25) is 9.48 Å². The van der Waals surface area contributed by atoms with Crippen molar-refractivity contribution in [3.63, 3.8) is 0 Å². The molecule has 1 unspecified atom stereocenters. The average Bonchev–Trinajstić information content (AvgIpc) is 2.88. The predicted molar refractivity (Wildman–Crippen MR) is 92.8 cm³/mol. The summed E-state index contributed by atoms with van der Waals surface area (Å²) in [5.41, 5.74) is 5.28. The number of carbonyl (C=O) groups excluding carboxylic acids is 1. The Morgan fingerprint density at radius 2 is 2.08 bits per heavy atom. The van der Waals surface area contributed by atoms with Gasteiger partial charge in [-0.15, -0.1) is 0 Å². The number of hydrogen-bond donors (Lipinski definition) is 1. The van der Waals surface area contributed by atoms with E-state index in [4.69, 9.17) is 0 Å². The number of amides is 1. The van der Waals surface area contributed by atoms with Gasteiger partial charge in [0.05, 0.1) is 24.8 Å². The van der Waals surface area contributed by atoms with Gasteiger partial charge in [-0.25, -0.2) is 0 Å². The lowest BCUT2D eigenvalue weighted by Gasteiger charge is -2.36. The number of benzene rings is 1. The van der Waals surface area contributed by atoms with Crippen molar-refractivity contribution in [2.75, 3.05) is 13.2 Å². The van der Waals surface area contributed by atoms with Gasteiger partial charge in [0.25, 0.3) is 0 Å². The number of hydrogen-bond acceptors (Lipinski definition) is 3. The lowest BCUT2D eigenvalue weighted by Crippen LogP contribution is -2.42. The van der Waals surface area contributed by atoms with E-state index in [1.54, 1.807) is 0 Å². The van der Waals surface area contributed by atoms with Crippen LogP contribution in [0.3, 0.4) is 0 Å². The van der Waals surface area contributed by atoms with Crippen molar-refractivity contribution in [3.8, 4) is 0 Å². The fourth-order valence-electron chi connectivity index (χ4n) is 3.70. The van der Waals surface area contributed by atoms with Crippen LogP contribution in [0.1, 0.15) is 41.0 Å². The number of aryl methyl sites for hydroxylation is 2. The lowest BCUT2D eigenvalue weighted by molar-refractivity contribution is -0.134. The molecule has 0 spiro atoms. The van der Waals surface area contributed by atoms with Crippen LogP contribution in [0, 0.1) is 13.8 Å². The zero-order chi connectivity index (χ0) is 17.3. The highest BCUT2D eigenvalue weighted by atomic mass is 16.3. The van der Waals surface area contributed by atoms with Crippen molar-refractivity contribution < 1.29 is 9.90 Å². The number of aromatic nitrogens is 2. The molecule has 1 N–H and O–H groups in total. The van der Waals surface area contributed by atoms with Crippen molar-refractivity contribution in [2.45, 2.75) is 46.2 Å². The SMILES string of the molecule is CCn1nc(C)c(CC(=O)N2CCc3ccccc3C2CO)c1C. The Kier molecular flexibility index (Phi) is 4.71. The molecule has 1 aromatic carbocycles. The number of rotatable bonds is 4. The molecule has 3 rings (SSSR count). The van der Waals surface area contributed by atoms with Crippen molar-refractivity contribution in [3.05, 3.63) is 52.3 Å². The van der Waals surface area contributed by atoms with E-state index < -0.39 is 0 Å². The van der Waals surface area contributed by atoms with Crippen LogP contribution in [0.15, 0.2) is 24.3 Å². The molecule has 1 atom stereocenters. The first kappa shape index (κ1) is 16.7. The van der Waals surface area contributed by atoms with Crippen LogP contribution in [-0.2, 0) is 24.2 Å². The van der Waals surface area contributed by atoms with Crippen molar-refractivity contribution >= 4 is 5.91 Å². The third-order valence-corrected chi connectivity index (χ3v) is 5.06. The Balaban J connectivity index is 1.84. The Bertz CT molecular complexity index is 751. The van der Waals surface area contributed by atoms with Crippen LogP contribution in [-0.4, -0.2) is 38.8 Å². The Labute approximate surface area is 142 Å². The second-order valence-corrected chi connectivity index (χ2v) is 6.38. The molecule has 1 aromatic heterocycles. The summed E-state index contributed by atoms with van der Waals surface area (Å²) in [7, 11) is 0. The molecule has 2 heterocycles. The largest absolute Gasteiger partial charge is 0.394 e. The molecule has 0 saturated heterocycles. The quantitative estimate of drug-likeness (QED) is 0.936. The highest BCUT2D eigenvalue weighted by molar-refractivity contribution is 5.80. The minimum atomic E-state index is -0.246. The smallest absolute Gasteiger partial charge is 0.227 e. The van der Waals surface area contributed by atoms with Gasteiger partial charge in [0.15, 0.2) is 0 Å². The van der Waals surface area contributed by atoms with Crippen molar-refractivity contribution in [1.29, 1.82) is 0 Å². The van der Waals surface area contributed by atoms with E-state index in [2.05, 4.69) is 18.1 Å². The molecule has 0 saturated carbocycles. The lowest BCUT2D eigenvalue weighted by atomic mass is 9.92. The summed E-state index contributed by atoms with van der Waals surface area (Å²) in [5, 5.41) is 14.4. The van der Waals surface area contributed by atoms with E-state index in [0.29, 0.717) is 13.0 Å².